The van der Waals surface area contributed by atoms with Gasteiger partial charge in [-0.05, 0) is 64.8 Å². The second-order valence-electron chi connectivity index (χ2n) is 4.97. The molecule has 1 N–H and O–H groups in total. The summed E-state index contributed by atoms with van der Waals surface area (Å²) in [4.78, 5) is 25.9. The number of thioether (sulfide) groups is 1. The standard InChI is InChI=1S/C16H18BrNO4S/c1-3-5-6-18-15(20)13(23-16(18)21)9-10-7-11(17)14(19)12(8-10)22-4-2/h7-9,19H,3-6H2,1-2H3/b13-9-. The van der Waals surface area contributed by atoms with Crippen LogP contribution in [0.2, 0.25) is 0 Å². The van der Waals surface area contributed by atoms with Gasteiger partial charge in [-0.15, -0.1) is 0 Å². The number of carbonyl (C=O) groups is 2. The van der Waals surface area contributed by atoms with Crippen LogP contribution in [-0.2, 0) is 4.79 Å². The highest BCUT2D eigenvalue weighted by atomic mass is 79.9. The summed E-state index contributed by atoms with van der Waals surface area (Å²) in [6.45, 7) is 4.69. The molecule has 5 nitrogen and oxygen atoms in total. The number of rotatable bonds is 6. The van der Waals surface area contributed by atoms with E-state index in [1.54, 1.807) is 18.2 Å². The van der Waals surface area contributed by atoms with E-state index in [0.717, 1.165) is 24.6 Å². The number of benzene rings is 1. The van der Waals surface area contributed by atoms with E-state index < -0.39 is 0 Å². The van der Waals surface area contributed by atoms with Crippen LogP contribution in [0.1, 0.15) is 32.3 Å². The van der Waals surface area contributed by atoms with Crippen LogP contribution < -0.4 is 4.74 Å². The minimum absolute atomic E-state index is 0.0139. The van der Waals surface area contributed by atoms with E-state index in [1.807, 2.05) is 13.8 Å². The summed E-state index contributed by atoms with van der Waals surface area (Å²) in [5.74, 6) is 0.0778. The maximum absolute atomic E-state index is 12.3. The third-order valence-electron chi connectivity index (χ3n) is 3.26. The van der Waals surface area contributed by atoms with Crippen LogP contribution in [0.5, 0.6) is 11.5 Å². The molecule has 1 fully saturated rings. The van der Waals surface area contributed by atoms with Gasteiger partial charge in [0.2, 0.25) is 0 Å². The largest absolute Gasteiger partial charge is 0.503 e. The Kier molecular flexibility index (Phi) is 6.12. The lowest BCUT2D eigenvalue weighted by molar-refractivity contribution is -0.122. The molecule has 0 radical (unpaired) electrons. The Balaban J connectivity index is 2.28. The van der Waals surface area contributed by atoms with Crippen molar-refractivity contribution in [1.82, 2.24) is 4.90 Å². The molecule has 1 aliphatic rings. The minimum Gasteiger partial charge on any atom is -0.503 e. The Labute approximate surface area is 147 Å². The fourth-order valence-corrected chi connectivity index (χ4v) is 3.43. The molecule has 0 aliphatic carbocycles. The van der Waals surface area contributed by atoms with Crippen LogP contribution in [0.15, 0.2) is 21.5 Å². The number of halogens is 1. The van der Waals surface area contributed by atoms with Gasteiger partial charge in [-0.25, -0.2) is 0 Å². The molecule has 1 aromatic carbocycles. The number of aromatic hydroxyl groups is 1. The van der Waals surface area contributed by atoms with Gasteiger partial charge < -0.3 is 9.84 Å². The minimum atomic E-state index is -0.268. The number of hydrogen-bond acceptors (Lipinski definition) is 5. The van der Waals surface area contributed by atoms with Gasteiger partial charge in [-0.3, -0.25) is 14.5 Å². The monoisotopic (exact) mass is 399 g/mol. The number of phenolic OH excluding ortho intramolecular Hbond substituents is 1. The molecule has 1 saturated heterocycles. The zero-order valence-corrected chi connectivity index (χ0v) is 15.4. The van der Waals surface area contributed by atoms with Crippen molar-refractivity contribution < 1.29 is 19.4 Å². The average Bonchev–Trinajstić information content (AvgIpc) is 2.77. The molecule has 1 aromatic rings. The number of hydrogen-bond donors (Lipinski definition) is 1. The van der Waals surface area contributed by atoms with Crippen molar-refractivity contribution in [3.63, 3.8) is 0 Å². The number of ether oxygens (including phenoxy) is 1. The summed E-state index contributed by atoms with van der Waals surface area (Å²) in [6.07, 6.45) is 3.36. The normalized spacial score (nSPS) is 16.5. The summed E-state index contributed by atoms with van der Waals surface area (Å²) in [7, 11) is 0. The van der Waals surface area contributed by atoms with Crippen LogP contribution in [-0.4, -0.2) is 34.3 Å². The Morgan fingerprint density at radius 3 is 2.74 bits per heavy atom. The van der Waals surface area contributed by atoms with Crippen molar-refractivity contribution in [2.45, 2.75) is 26.7 Å². The van der Waals surface area contributed by atoms with Gasteiger partial charge >= 0.3 is 0 Å². The summed E-state index contributed by atoms with van der Waals surface area (Å²) in [5.41, 5.74) is 0.680. The second-order valence-corrected chi connectivity index (χ2v) is 6.82. The van der Waals surface area contributed by atoms with Crippen molar-refractivity contribution in [3.8, 4) is 11.5 Å². The zero-order valence-electron chi connectivity index (χ0n) is 13.0. The molecule has 1 heterocycles. The average molecular weight is 400 g/mol. The van der Waals surface area contributed by atoms with Gasteiger partial charge in [0, 0.05) is 6.54 Å². The number of phenols is 1. The van der Waals surface area contributed by atoms with Gasteiger partial charge in [0.15, 0.2) is 11.5 Å². The Morgan fingerprint density at radius 2 is 2.09 bits per heavy atom. The predicted molar refractivity (Wildman–Crippen MR) is 94.6 cm³/mol. The predicted octanol–water partition coefficient (Wildman–Crippen LogP) is 4.39. The van der Waals surface area contributed by atoms with E-state index in [2.05, 4.69) is 15.9 Å². The molecular weight excluding hydrogens is 382 g/mol. The topological polar surface area (TPSA) is 66.8 Å². The molecule has 0 saturated carbocycles. The zero-order chi connectivity index (χ0) is 17.0. The van der Waals surface area contributed by atoms with Gasteiger partial charge in [-0.1, -0.05) is 13.3 Å². The molecule has 23 heavy (non-hydrogen) atoms. The molecule has 0 spiro atoms. The third-order valence-corrected chi connectivity index (χ3v) is 4.77. The lowest BCUT2D eigenvalue weighted by Gasteiger charge is -2.11. The van der Waals surface area contributed by atoms with Crippen LogP contribution in [0.4, 0.5) is 4.79 Å². The molecule has 1 aliphatic heterocycles. The smallest absolute Gasteiger partial charge is 0.293 e. The van der Waals surface area contributed by atoms with Gasteiger partial charge in [0.25, 0.3) is 11.1 Å². The van der Waals surface area contributed by atoms with E-state index in [4.69, 9.17) is 4.74 Å². The molecule has 0 unspecified atom stereocenters. The Hall–Kier alpha value is -1.47. The molecule has 0 aromatic heterocycles. The van der Waals surface area contributed by atoms with Crippen molar-refractivity contribution in [2.24, 2.45) is 0 Å². The fraction of sp³-hybridized carbons (Fsp3) is 0.375. The van der Waals surface area contributed by atoms with E-state index in [1.165, 1.54) is 4.90 Å². The Bertz CT molecular complexity index is 660. The third kappa shape index (κ3) is 4.09. The van der Waals surface area contributed by atoms with Crippen molar-refractivity contribution in [2.75, 3.05) is 13.2 Å². The van der Waals surface area contributed by atoms with Crippen LogP contribution in [0.3, 0.4) is 0 Å². The van der Waals surface area contributed by atoms with E-state index in [-0.39, 0.29) is 16.9 Å². The number of unbranched alkanes of at least 4 members (excludes halogenated alkanes) is 1. The first-order valence-corrected chi connectivity index (χ1v) is 8.99. The van der Waals surface area contributed by atoms with Crippen LogP contribution in [0.25, 0.3) is 6.08 Å². The first kappa shape index (κ1) is 17.9. The van der Waals surface area contributed by atoms with E-state index in [9.17, 15) is 14.7 Å². The number of imide groups is 1. The maximum atomic E-state index is 12.3. The molecule has 0 bridgehead atoms. The van der Waals surface area contributed by atoms with E-state index in [0.29, 0.717) is 33.8 Å². The molecule has 2 rings (SSSR count). The summed E-state index contributed by atoms with van der Waals surface area (Å²) in [6, 6.07) is 3.32. The summed E-state index contributed by atoms with van der Waals surface area (Å²) >= 11 is 4.20. The highest BCUT2D eigenvalue weighted by molar-refractivity contribution is 9.10. The number of nitrogens with zero attached hydrogens (tertiary/aromatic N) is 1. The number of amides is 2. The van der Waals surface area contributed by atoms with Crippen molar-refractivity contribution >= 4 is 44.9 Å². The van der Waals surface area contributed by atoms with Crippen LogP contribution in [0, 0.1) is 0 Å². The van der Waals surface area contributed by atoms with Crippen molar-refractivity contribution in [3.05, 3.63) is 27.1 Å². The van der Waals surface area contributed by atoms with Gasteiger partial charge in [0.05, 0.1) is 16.0 Å². The van der Waals surface area contributed by atoms with Crippen LogP contribution >= 0.6 is 27.7 Å². The van der Waals surface area contributed by atoms with Gasteiger partial charge in [-0.2, -0.15) is 0 Å². The van der Waals surface area contributed by atoms with Gasteiger partial charge in [0.1, 0.15) is 0 Å². The maximum Gasteiger partial charge on any atom is 0.293 e. The molecule has 124 valence electrons. The fourth-order valence-electron chi connectivity index (χ4n) is 2.10. The highest BCUT2D eigenvalue weighted by Crippen LogP contribution is 2.38. The van der Waals surface area contributed by atoms with E-state index >= 15 is 0 Å². The quantitative estimate of drug-likeness (QED) is 0.718. The molecule has 2 amide bonds. The second kappa shape index (κ2) is 7.88. The first-order valence-electron chi connectivity index (χ1n) is 7.38. The van der Waals surface area contributed by atoms with Crippen molar-refractivity contribution in [1.29, 1.82) is 0 Å². The lowest BCUT2D eigenvalue weighted by atomic mass is 10.2. The molecule has 7 heteroatoms. The summed E-state index contributed by atoms with van der Waals surface area (Å²) in [5, 5.41) is 9.68. The summed E-state index contributed by atoms with van der Waals surface area (Å²) < 4.78 is 5.84. The molecular formula is C16H18BrNO4S. The Morgan fingerprint density at radius 1 is 1.35 bits per heavy atom. The number of carbonyl (C=O) groups excluding carboxylic acids is 2. The lowest BCUT2D eigenvalue weighted by Crippen LogP contribution is -2.29. The molecule has 0 atom stereocenters. The first-order chi connectivity index (χ1) is 11.0. The SMILES string of the molecule is CCCCN1C(=O)S/C(=C\c2cc(Br)c(O)c(OCC)c2)C1=O. The highest BCUT2D eigenvalue weighted by Gasteiger charge is 2.34.